The van der Waals surface area contributed by atoms with Crippen LogP contribution in [0.15, 0.2) is 30.3 Å². The summed E-state index contributed by atoms with van der Waals surface area (Å²) in [7, 11) is 2.13. The molecule has 1 aromatic heterocycles. The van der Waals surface area contributed by atoms with Crippen LogP contribution in [0, 0.1) is 0 Å². The van der Waals surface area contributed by atoms with E-state index in [1.807, 2.05) is 24.3 Å². The molecule has 2 aromatic rings. The maximum Gasteiger partial charge on any atom is 0.261 e. The lowest BCUT2D eigenvalue weighted by atomic mass is 10.1. The third-order valence-corrected chi connectivity index (χ3v) is 5.81. The summed E-state index contributed by atoms with van der Waals surface area (Å²) in [6, 6.07) is 10.3. The Hall–Kier alpha value is -1.85. The number of thiophene rings is 1. The van der Waals surface area contributed by atoms with Crippen molar-refractivity contribution in [2.45, 2.75) is 25.5 Å². The van der Waals surface area contributed by atoms with E-state index in [1.165, 1.54) is 4.88 Å². The van der Waals surface area contributed by atoms with E-state index in [2.05, 4.69) is 23.3 Å². The van der Waals surface area contributed by atoms with Crippen LogP contribution in [-0.2, 0) is 6.61 Å². The molecular weight excluding hydrogens is 308 g/mol. The number of piperidine rings is 1. The molecule has 0 saturated carbocycles. The number of benzene rings is 1. The molecule has 0 aliphatic carbocycles. The molecule has 0 unspecified atom stereocenters. The second-order valence-electron chi connectivity index (χ2n) is 6.30. The van der Waals surface area contributed by atoms with E-state index in [1.54, 1.807) is 11.3 Å². The summed E-state index contributed by atoms with van der Waals surface area (Å²) in [4.78, 5) is 16.8. The van der Waals surface area contributed by atoms with E-state index in [-0.39, 0.29) is 5.91 Å². The molecule has 1 amide bonds. The molecule has 0 radical (unpaired) electrons. The van der Waals surface area contributed by atoms with Crippen LogP contribution in [0.25, 0.3) is 10.4 Å². The lowest BCUT2D eigenvalue weighted by molar-refractivity contribution is 0.0921. The Bertz CT molecular complexity index is 732. The van der Waals surface area contributed by atoms with Crippen LogP contribution < -0.4 is 10.1 Å². The summed E-state index contributed by atoms with van der Waals surface area (Å²) in [5.74, 6) is 0.959. The van der Waals surface area contributed by atoms with Crippen molar-refractivity contribution in [2.24, 2.45) is 0 Å². The lowest BCUT2D eigenvalue weighted by Crippen LogP contribution is -2.43. The molecule has 1 aromatic carbocycles. The molecular formula is C18H20N2O2S. The number of likely N-dealkylation sites (tertiary alicyclic amines) is 1. The first-order valence-corrected chi connectivity index (χ1v) is 8.86. The molecule has 2 aliphatic heterocycles. The van der Waals surface area contributed by atoms with Gasteiger partial charge in [-0.25, -0.2) is 0 Å². The van der Waals surface area contributed by atoms with Crippen LogP contribution in [-0.4, -0.2) is 37.0 Å². The standard InChI is InChI=1S/C18H20N2O2S/c1-20-8-6-13(7-9-20)19-18(21)16-10-12-11-22-15-5-3-2-4-14(15)17(12)23-16/h2-5,10,13H,6-9,11H2,1H3,(H,19,21). The molecule has 5 heteroatoms. The van der Waals surface area contributed by atoms with Crippen molar-refractivity contribution in [3.63, 3.8) is 0 Å². The van der Waals surface area contributed by atoms with Crippen molar-refractivity contribution in [1.82, 2.24) is 10.2 Å². The lowest BCUT2D eigenvalue weighted by Gasteiger charge is -2.29. The van der Waals surface area contributed by atoms with E-state index in [4.69, 9.17) is 4.74 Å². The number of hydrogen-bond acceptors (Lipinski definition) is 4. The van der Waals surface area contributed by atoms with Crippen molar-refractivity contribution in [2.75, 3.05) is 20.1 Å². The van der Waals surface area contributed by atoms with E-state index >= 15 is 0 Å². The highest BCUT2D eigenvalue weighted by molar-refractivity contribution is 7.17. The Labute approximate surface area is 140 Å². The third-order valence-electron chi connectivity index (χ3n) is 4.60. The molecule has 1 saturated heterocycles. The van der Waals surface area contributed by atoms with Gasteiger partial charge in [0.05, 0.1) is 4.88 Å². The Morgan fingerprint density at radius 1 is 1.30 bits per heavy atom. The highest BCUT2D eigenvalue weighted by Gasteiger charge is 2.24. The van der Waals surface area contributed by atoms with Crippen LogP contribution in [0.1, 0.15) is 28.1 Å². The second-order valence-corrected chi connectivity index (χ2v) is 7.35. The van der Waals surface area contributed by atoms with Gasteiger partial charge in [-0.3, -0.25) is 4.79 Å². The van der Waals surface area contributed by atoms with E-state index < -0.39 is 0 Å². The minimum Gasteiger partial charge on any atom is -0.488 e. The zero-order valence-electron chi connectivity index (χ0n) is 13.2. The van der Waals surface area contributed by atoms with Crippen molar-refractivity contribution in [3.05, 3.63) is 40.8 Å². The largest absolute Gasteiger partial charge is 0.488 e. The maximum absolute atomic E-state index is 12.6. The molecule has 2 aliphatic rings. The van der Waals surface area contributed by atoms with E-state index in [9.17, 15) is 4.79 Å². The first-order chi connectivity index (χ1) is 11.2. The van der Waals surface area contributed by atoms with Gasteiger partial charge in [-0.2, -0.15) is 0 Å². The fourth-order valence-electron chi connectivity index (χ4n) is 3.22. The second kappa shape index (κ2) is 5.98. The predicted molar refractivity (Wildman–Crippen MR) is 92.1 cm³/mol. The first-order valence-electron chi connectivity index (χ1n) is 8.05. The van der Waals surface area contributed by atoms with Gasteiger partial charge in [0, 0.05) is 22.0 Å². The number of nitrogens with one attached hydrogen (secondary N) is 1. The summed E-state index contributed by atoms with van der Waals surface area (Å²) in [6.07, 6.45) is 2.05. The van der Waals surface area contributed by atoms with Crippen LogP contribution >= 0.6 is 11.3 Å². The zero-order chi connectivity index (χ0) is 15.8. The van der Waals surface area contributed by atoms with E-state index in [0.29, 0.717) is 12.6 Å². The van der Waals surface area contributed by atoms with Crippen molar-refractivity contribution >= 4 is 17.2 Å². The summed E-state index contributed by atoms with van der Waals surface area (Å²) >= 11 is 1.57. The number of nitrogens with zero attached hydrogens (tertiary/aromatic N) is 1. The number of ether oxygens (including phenoxy) is 1. The molecule has 0 bridgehead atoms. The summed E-state index contributed by atoms with van der Waals surface area (Å²) in [6.45, 7) is 2.64. The van der Waals surface area contributed by atoms with Gasteiger partial charge in [0.1, 0.15) is 12.4 Å². The molecule has 0 spiro atoms. The number of para-hydroxylation sites is 1. The third kappa shape index (κ3) is 2.86. The summed E-state index contributed by atoms with van der Waals surface area (Å²) in [5, 5.41) is 3.19. The molecule has 1 N–H and O–H groups in total. The zero-order valence-corrected chi connectivity index (χ0v) is 14.0. The van der Waals surface area contributed by atoms with Crippen molar-refractivity contribution in [3.8, 4) is 16.2 Å². The van der Waals surface area contributed by atoms with Crippen LogP contribution in [0.4, 0.5) is 0 Å². The monoisotopic (exact) mass is 328 g/mol. The normalized spacial score (nSPS) is 18.0. The molecule has 3 heterocycles. The van der Waals surface area contributed by atoms with Crippen molar-refractivity contribution in [1.29, 1.82) is 0 Å². The van der Waals surface area contributed by atoms with Gasteiger partial charge in [0.2, 0.25) is 0 Å². The van der Waals surface area contributed by atoms with Crippen LogP contribution in [0.2, 0.25) is 0 Å². The Morgan fingerprint density at radius 2 is 2.09 bits per heavy atom. The molecule has 4 rings (SSSR count). The average Bonchev–Trinajstić information content (AvgIpc) is 3.02. The summed E-state index contributed by atoms with van der Waals surface area (Å²) < 4.78 is 5.77. The highest BCUT2D eigenvalue weighted by Crippen LogP contribution is 2.42. The summed E-state index contributed by atoms with van der Waals surface area (Å²) in [5.41, 5.74) is 2.21. The van der Waals surface area contributed by atoms with E-state index in [0.717, 1.165) is 47.7 Å². The minimum atomic E-state index is 0.0523. The Kier molecular flexibility index (Phi) is 3.83. The fourth-order valence-corrected chi connectivity index (χ4v) is 4.32. The van der Waals surface area contributed by atoms with Gasteiger partial charge in [0.25, 0.3) is 5.91 Å². The Balaban J connectivity index is 1.53. The number of amides is 1. The fraction of sp³-hybridized carbons (Fsp3) is 0.389. The molecule has 120 valence electrons. The van der Waals surface area contributed by atoms with Gasteiger partial charge in [-0.05, 0) is 51.2 Å². The molecule has 1 fully saturated rings. The topological polar surface area (TPSA) is 41.6 Å². The van der Waals surface area contributed by atoms with Crippen LogP contribution in [0.5, 0.6) is 5.75 Å². The smallest absolute Gasteiger partial charge is 0.261 e. The number of carbonyl (C=O) groups excluding carboxylic acids is 1. The predicted octanol–water partition coefficient (Wildman–Crippen LogP) is 3.13. The number of hydrogen-bond donors (Lipinski definition) is 1. The minimum absolute atomic E-state index is 0.0523. The first kappa shape index (κ1) is 14.7. The highest BCUT2D eigenvalue weighted by atomic mass is 32.1. The molecule has 0 atom stereocenters. The maximum atomic E-state index is 12.6. The van der Waals surface area contributed by atoms with Gasteiger partial charge in [-0.1, -0.05) is 12.1 Å². The molecule has 23 heavy (non-hydrogen) atoms. The Morgan fingerprint density at radius 3 is 2.91 bits per heavy atom. The van der Waals surface area contributed by atoms with Gasteiger partial charge < -0.3 is 15.0 Å². The van der Waals surface area contributed by atoms with Gasteiger partial charge in [-0.15, -0.1) is 11.3 Å². The average molecular weight is 328 g/mol. The van der Waals surface area contributed by atoms with Gasteiger partial charge >= 0.3 is 0 Å². The van der Waals surface area contributed by atoms with Crippen LogP contribution in [0.3, 0.4) is 0 Å². The number of rotatable bonds is 2. The van der Waals surface area contributed by atoms with Gasteiger partial charge in [0.15, 0.2) is 0 Å². The molecule has 4 nitrogen and oxygen atoms in total. The quantitative estimate of drug-likeness (QED) is 0.921. The number of fused-ring (bicyclic) bond motifs is 3. The van der Waals surface area contributed by atoms with Crippen molar-refractivity contribution < 1.29 is 9.53 Å². The SMILES string of the molecule is CN1CCC(NC(=O)c2cc3c(s2)-c2ccccc2OC3)CC1. The number of carbonyl (C=O) groups is 1.